The number of rotatable bonds is 8. The van der Waals surface area contributed by atoms with Crippen LogP contribution >= 0.6 is 15.9 Å². The highest BCUT2D eigenvalue weighted by atomic mass is 79.9. The zero-order valence-corrected chi connectivity index (χ0v) is 14.7. The first kappa shape index (κ1) is 16.9. The Bertz CT molecular complexity index is 410. The smallest absolute Gasteiger partial charge is 0.0503 e. The lowest BCUT2D eigenvalue weighted by Gasteiger charge is -2.22. The van der Waals surface area contributed by atoms with Crippen molar-refractivity contribution < 1.29 is 4.74 Å². The molecule has 2 atom stereocenters. The van der Waals surface area contributed by atoms with E-state index in [2.05, 4.69) is 57.3 Å². The number of benzene rings is 1. The predicted octanol–water partition coefficient (Wildman–Crippen LogP) is 3.46. The van der Waals surface area contributed by atoms with Crippen LogP contribution < -0.4 is 5.32 Å². The molecule has 0 amide bonds. The standard InChI is InChI=1S/C17H27BrN2O/c1-3-19-17(15-4-6-16(18)7-5-15)9-11-20-10-8-14(12-20)13-21-2/h4-7,14,17,19H,3,8-13H2,1-2H3. The lowest BCUT2D eigenvalue weighted by atomic mass is 10.0. The molecule has 1 aromatic carbocycles. The summed E-state index contributed by atoms with van der Waals surface area (Å²) in [6.07, 6.45) is 2.44. The molecule has 1 aliphatic heterocycles. The highest BCUT2D eigenvalue weighted by molar-refractivity contribution is 9.10. The van der Waals surface area contributed by atoms with Crippen molar-refractivity contribution >= 4 is 15.9 Å². The van der Waals surface area contributed by atoms with Crippen LogP contribution in [-0.4, -0.2) is 44.8 Å². The highest BCUT2D eigenvalue weighted by Crippen LogP contribution is 2.22. The Kier molecular flexibility index (Phi) is 7.17. The van der Waals surface area contributed by atoms with Crippen LogP contribution in [0.25, 0.3) is 0 Å². The molecule has 0 bridgehead atoms. The van der Waals surface area contributed by atoms with Crippen LogP contribution in [0.2, 0.25) is 0 Å². The number of nitrogens with zero attached hydrogens (tertiary/aromatic N) is 1. The van der Waals surface area contributed by atoms with E-state index < -0.39 is 0 Å². The van der Waals surface area contributed by atoms with Gasteiger partial charge in [-0.1, -0.05) is 35.0 Å². The third kappa shape index (κ3) is 5.37. The molecule has 1 aliphatic rings. The third-order valence-corrected chi connectivity index (χ3v) is 4.76. The molecular formula is C17H27BrN2O. The Balaban J connectivity index is 1.84. The summed E-state index contributed by atoms with van der Waals surface area (Å²) in [5, 5.41) is 3.61. The average Bonchev–Trinajstić information content (AvgIpc) is 2.93. The van der Waals surface area contributed by atoms with Gasteiger partial charge in [-0.3, -0.25) is 0 Å². The second kappa shape index (κ2) is 8.89. The second-order valence-corrected chi connectivity index (χ2v) is 6.78. The molecule has 1 aromatic rings. The van der Waals surface area contributed by atoms with E-state index >= 15 is 0 Å². The summed E-state index contributed by atoms with van der Waals surface area (Å²) in [4.78, 5) is 2.58. The van der Waals surface area contributed by atoms with Crippen molar-refractivity contribution in [2.24, 2.45) is 5.92 Å². The number of likely N-dealkylation sites (tertiary alicyclic amines) is 1. The number of ether oxygens (including phenoxy) is 1. The Morgan fingerprint density at radius 3 is 2.81 bits per heavy atom. The fourth-order valence-electron chi connectivity index (χ4n) is 3.13. The van der Waals surface area contributed by atoms with Crippen molar-refractivity contribution in [2.45, 2.75) is 25.8 Å². The number of nitrogens with one attached hydrogen (secondary N) is 1. The molecule has 4 heteroatoms. The largest absolute Gasteiger partial charge is 0.384 e. The monoisotopic (exact) mass is 354 g/mol. The maximum atomic E-state index is 5.28. The highest BCUT2D eigenvalue weighted by Gasteiger charge is 2.23. The topological polar surface area (TPSA) is 24.5 Å². The van der Waals surface area contributed by atoms with Crippen molar-refractivity contribution in [3.05, 3.63) is 34.3 Å². The van der Waals surface area contributed by atoms with Gasteiger partial charge in [-0.25, -0.2) is 0 Å². The van der Waals surface area contributed by atoms with E-state index in [1.165, 1.54) is 25.1 Å². The minimum Gasteiger partial charge on any atom is -0.384 e. The molecule has 118 valence electrons. The predicted molar refractivity (Wildman–Crippen MR) is 91.6 cm³/mol. The van der Waals surface area contributed by atoms with Crippen LogP contribution in [0.5, 0.6) is 0 Å². The van der Waals surface area contributed by atoms with Gasteiger partial charge in [0.25, 0.3) is 0 Å². The second-order valence-electron chi connectivity index (χ2n) is 5.86. The molecule has 1 fully saturated rings. The van der Waals surface area contributed by atoms with Crippen LogP contribution in [0.4, 0.5) is 0 Å². The van der Waals surface area contributed by atoms with Crippen molar-refractivity contribution in [1.82, 2.24) is 10.2 Å². The van der Waals surface area contributed by atoms with Crippen LogP contribution in [0.3, 0.4) is 0 Å². The van der Waals surface area contributed by atoms with Crippen molar-refractivity contribution in [1.29, 1.82) is 0 Å². The zero-order valence-electron chi connectivity index (χ0n) is 13.1. The summed E-state index contributed by atoms with van der Waals surface area (Å²) in [6.45, 7) is 7.65. The van der Waals surface area contributed by atoms with E-state index in [0.29, 0.717) is 6.04 Å². The van der Waals surface area contributed by atoms with Crippen LogP contribution in [-0.2, 0) is 4.74 Å². The van der Waals surface area contributed by atoms with Gasteiger partial charge in [0.2, 0.25) is 0 Å². The van der Waals surface area contributed by atoms with E-state index in [1.54, 1.807) is 7.11 Å². The number of hydrogen-bond acceptors (Lipinski definition) is 3. The average molecular weight is 355 g/mol. The number of hydrogen-bond donors (Lipinski definition) is 1. The summed E-state index contributed by atoms with van der Waals surface area (Å²) in [7, 11) is 1.80. The first-order valence-corrected chi connectivity index (χ1v) is 8.72. The fourth-order valence-corrected chi connectivity index (χ4v) is 3.39. The van der Waals surface area contributed by atoms with Crippen LogP contribution in [0.1, 0.15) is 31.4 Å². The Morgan fingerprint density at radius 2 is 2.14 bits per heavy atom. The molecule has 0 radical (unpaired) electrons. The molecule has 0 spiro atoms. The Hall–Kier alpha value is -0.420. The number of methoxy groups -OCH3 is 1. The van der Waals surface area contributed by atoms with Gasteiger partial charge in [0.1, 0.15) is 0 Å². The number of halogens is 1. The maximum absolute atomic E-state index is 5.28. The summed E-state index contributed by atoms with van der Waals surface area (Å²) in [5.41, 5.74) is 1.38. The van der Waals surface area contributed by atoms with Gasteiger partial charge < -0.3 is 15.0 Å². The zero-order chi connectivity index (χ0) is 15.1. The first-order chi connectivity index (χ1) is 10.2. The maximum Gasteiger partial charge on any atom is 0.0503 e. The molecule has 1 saturated heterocycles. The molecule has 0 aliphatic carbocycles. The lowest BCUT2D eigenvalue weighted by Crippen LogP contribution is -2.28. The van der Waals surface area contributed by atoms with Crippen molar-refractivity contribution in [3.63, 3.8) is 0 Å². The van der Waals surface area contributed by atoms with Gasteiger partial charge >= 0.3 is 0 Å². The van der Waals surface area contributed by atoms with E-state index in [-0.39, 0.29) is 0 Å². The van der Waals surface area contributed by atoms with Gasteiger partial charge in [0, 0.05) is 24.2 Å². The van der Waals surface area contributed by atoms with Gasteiger partial charge in [0.15, 0.2) is 0 Å². The molecule has 0 saturated carbocycles. The van der Waals surface area contributed by atoms with Crippen molar-refractivity contribution in [3.8, 4) is 0 Å². The van der Waals surface area contributed by atoms with Gasteiger partial charge in [-0.2, -0.15) is 0 Å². The van der Waals surface area contributed by atoms with E-state index in [9.17, 15) is 0 Å². The van der Waals surface area contributed by atoms with Gasteiger partial charge in [0.05, 0.1) is 6.61 Å². The molecule has 1 N–H and O–H groups in total. The van der Waals surface area contributed by atoms with E-state index in [1.807, 2.05) is 0 Å². The Labute approximate surface area is 137 Å². The van der Waals surface area contributed by atoms with Crippen LogP contribution in [0.15, 0.2) is 28.7 Å². The molecule has 2 unspecified atom stereocenters. The van der Waals surface area contributed by atoms with Gasteiger partial charge in [-0.15, -0.1) is 0 Å². The fraction of sp³-hybridized carbons (Fsp3) is 0.647. The SMILES string of the molecule is CCNC(CCN1CCC(COC)C1)c1ccc(Br)cc1. The molecule has 3 nitrogen and oxygen atoms in total. The molecule has 1 heterocycles. The molecule has 21 heavy (non-hydrogen) atoms. The summed E-state index contributed by atoms with van der Waals surface area (Å²) in [6, 6.07) is 9.14. The minimum absolute atomic E-state index is 0.449. The summed E-state index contributed by atoms with van der Waals surface area (Å²) >= 11 is 3.51. The van der Waals surface area contributed by atoms with Crippen molar-refractivity contribution in [2.75, 3.05) is 39.9 Å². The summed E-state index contributed by atoms with van der Waals surface area (Å²) < 4.78 is 6.42. The van der Waals surface area contributed by atoms with E-state index in [0.717, 1.165) is 36.5 Å². The van der Waals surface area contributed by atoms with E-state index in [4.69, 9.17) is 4.74 Å². The first-order valence-electron chi connectivity index (χ1n) is 7.93. The molecular weight excluding hydrogens is 328 g/mol. The van der Waals surface area contributed by atoms with Gasteiger partial charge in [-0.05, 0) is 56.1 Å². The minimum atomic E-state index is 0.449. The molecule has 0 aromatic heterocycles. The lowest BCUT2D eigenvalue weighted by molar-refractivity contribution is 0.152. The summed E-state index contributed by atoms with van der Waals surface area (Å²) in [5.74, 6) is 0.722. The Morgan fingerprint density at radius 1 is 1.38 bits per heavy atom. The molecule has 2 rings (SSSR count). The normalized spacial score (nSPS) is 20.8. The quantitative estimate of drug-likeness (QED) is 0.773. The van der Waals surface area contributed by atoms with Crippen LogP contribution in [0, 0.1) is 5.92 Å². The third-order valence-electron chi connectivity index (χ3n) is 4.23.